The molecule has 0 saturated heterocycles. The molecular formula is C10H8N2O3. The molecule has 0 unspecified atom stereocenters. The molecule has 2 rings (SSSR count). The maximum absolute atomic E-state index is 11.4. The average molecular weight is 204 g/mol. The third kappa shape index (κ3) is 1.63. The fraction of sp³-hybridized carbons (Fsp3) is 0.200. The van der Waals surface area contributed by atoms with Crippen LogP contribution >= 0.6 is 0 Å². The van der Waals surface area contributed by atoms with Crippen LogP contribution in [0.5, 0.6) is 0 Å². The molecule has 1 aliphatic rings. The van der Waals surface area contributed by atoms with Gasteiger partial charge in [-0.05, 0) is 30.2 Å². The summed E-state index contributed by atoms with van der Waals surface area (Å²) in [5.74, 6) is -0.946. The van der Waals surface area contributed by atoms with E-state index in [-0.39, 0.29) is 11.5 Å². The van der Waals surface area contributed by atoms with Gasteiger partial charge in [0.25, 0.3) is 5.91 Å². The quantitative estimate of drug-likeness (QED) is 0.690. The van der Waals surface area contributed by atoms with Crippen molar-refractivity contribution in [2.75, 3.05) is 6.54 Å². The summed E-state index contributed by atoms with van der Waals surface area (Å²) in [5, 5.41) is 5.03. The largest absolute Gasteiger partial charge is 0.352 e. The number of hydrogen-bond acceptors (Lipinski definition) is 3. The number of nitrogens with one attached hydrogen (secondary N) is 1. The summed E-state index contributed by atoms with van der Waals surface area (Å²) >= 11 is 0. The van der Waals surface area contributed by atoms with Gasteiger partial charge in [-0.15, -0.1) is 4.91 Å². The Labute approximate surface area is 85.5 Å². The highest BCUT2D eigenvalue weighted by atomic mass is 16.3. The van der Waals surface area contributed by atoms with Crippen molar-refractivity contribution in [1.29, 1.82) is 0 Å². The summed E-state index contributed by atoms with van der Waals surface area (Å²) < 4.78 is 0. The average Bonchev–Trinajstić information content (AvgIpc) is 2.28. The highest BCUT2D eigenvalue weighted by Crippen LogP contribution is 2.16. The monoisotopic (exact) mass is 204 g/mol. The highest BCUT2D eigenvalue weighted by molar-refractivity contribution is 6.00. The number of nitroso groups, excluding NO2 is 1. The van der Waals surface area contributed by atoms with Gasteiger partial charge in [-0.2, -0.15) is 0 Å². The molecule has 2 amide bonds. The Bertz CT molecular complexity index is 454. The molecule has 5 nitrogen and oxygen atoms in total. The van der Waals surface area contributed by atoms with Gasteiger partial charge in [0.05, 0.1) is 0 Å². The standard InChI is InChI=1S/C10H8N2O3/c13-9(12-15)7-1-2-8-6(5-7)3-4-11-10(8)14/h1-2,5H,3-4H2,(H,11,14). The molecule has 1 aromatic carbocycles. The number of carbonyl (C=O) groups excluding carboxylic acids is 2. The molecule has 0 aromatic heterocycles. The molecule has 1 aromatic rings. The molecule has 5 heteroatoms. The molecule has 1 N–H and O–H groups in total. The Morgan fingerprint density at radius 2 is 2.20 bits per heavy atom. The van der Waals surface area contributed by atoms with Gasteiger partial charge < -0.3 is 5.32 Å². The summed E-state index contributed by atoms with van der Waals surface area (Å²) in [6, 6.07) is 4.54. The predicted molar refractivity (Wildman–Crippen MR) is 52.6 cm³/mol. The van der Waals surface area contributed by atoms with Crippen molar-refractivity contribution in [3.05, 3.63) is 39.8 Å². The van der Waals surface area contributed by atoms with E-state index in [4.69, 9.17) is 0 Å². The normalized spacial score (nSPS) is 14.0. The first-order chi connectivity index (χ1) is 7.22. The lowest BCUT2D eigenvalue weighted by atomic mass is 9.98. The van der Waals surface area contributed by atoms with E-state index < -0.39 is 5.91 Å². The van der Waals surface area contributed by atoms with Crippen molar-refractivity contribution in [3.63, 3.8) is 0 Å². The van der Waals surface area contributed by atoms with Crippen LogP contribution in [0, 0.1) is 4.91 Å². The van der Waals surface area contributed by atoms with Crippen LogP contribution in [0.1, 0.15) is 26.3 Å². The zero-order chi connectivity index (χ0) is 10.8. The zero-order valence-electron chi connectivity index (χ0n) is 7.82. The van der Waals surface area contributed by atoms with Gasteiger partial charge >= 0.3 is 5.91 Å². The lowest BCUT2D eigenvalue weighted by Gasteiger charge is -2.16. The van der Waals surface area contributed by atoms with Crippen LogP contribution in [-0.4, -0.2) is 18.4 Å². The van der Waals surface area contributed by atoms with Crippen LogP contribution in [0.25, 0.3) is 0 Å². The Morgan fingerprint density at radius 1 is 1.40 bits per heavy atom. The van der Waals surface area contributed by atoms with E-state index in [1.54, 1.807) is 12.1 Å². The molecule has 15 heavy (non-hydrogen) atoms. The van der Waals surface area contributed by atoms with Crippen LogP contribution in [-0.2, 0) is 6.42 Å². The van der Waals surface area contributed by atoms with E-state index in [0.717, 1.165) is 5.56 Å². The minimum Gasteiger partial charge on any atom is -0.352 e. The maximum atomic E-state index is 11.4. The van der Waals surface area contributed by atoms with Gasteiger partial charge in [0.15, 0.2) is 0 Å². The van der Waals surface area contributed by atoms with E-state index in [9.17, 15) is 14.5 Å². The Hall–Kier alpha value is -2.04. The predicted octanol–water partition coefficient (Wildman–Crippen LogP) is 0.879. The number of nitrogens with zero attached hydrogens (tertiary/aromatic N) is 1. The Morgan fingerprint density at radius 3 is 2.93 bits per heavy atom. The van der Waals surface area contributed by atoms with Gasteiger partial charge in [0.1, 0.15) is 0 Å². The fourth-order valence-corrected chi connectivity index (χ4v) is 1.61. The van der Waals surface area contributed by atoms with Crippen LogP contribution in [0.15, 0.2) is 23.4 Å². The minimum atomic E-state index is -0.802. The van der Waals surface area contributed by atoms with Gasteiger partial charge in [0.2, 0.25) is 0 Å². The number of amides is 2. The lowest BCUT2D eigenvalue weighted by molar-refractivity contribution is 0.0943. The van der Waals surface area contributed by atoms with E-state index in [0.29, 0.717) is 18.5 Å². The highest BCUT2D eigenvalue weighted by Gasteiger charge is 2.18. The van der Waals surface area contributed by atoms with Crippen molar-refractivity contribution in [2.24, 2.45) is 5.18 Å². The van der Waals surface area contributed by atoms with Crippen LogP contribution in [0.2, 0.25) is 0 Å². The summed E-state index contributed by atoms with van der Waals surface area (Å²) in [7, 11) is 0. The van der Waals surface area contributed by atoms with Crippen molar-refractivity contribution in [2.45, 2.75) is 6.42 Å². The second kappa shape index (κ2) is 3.61. The number of benzene rings is 1. The Kier molecular flexibility index (Phi) is 2.29. The molecule has 76 valence electrons. The topological polar surface area (TPSA) is 75.6 Å². The maximum Gasteiger partial charge on any atom is 0.316 e. The van der Waals surface area contributed by atoms with E-state index in [2.05, 4.69) is 10.5 Å². The minimum absolute atomic E-state index is 0.144. The molecule has 0 aliphatic carbocycles. The smallest absolute Gasteiger partial charge is 0.316 e. The van der Waals surface area contributed by atoms with Gasteiger partial charge in [-0.1, -0.05) is 0 Å². The van der Waals surface area contributed by atoms with Crippen LogP contribution in [0.4, 0.5) is 0 Å². The van der Waals surface area contributed by atoms with Crippen LogP contribution < -0.4 is 5.32 Å². The first-order valence-electron chi connectivity index (χ1n) is 4.51. The molecule has 1 heterocycles. The SMILES string of the molecule is O=NC(=O)c1ccc2c(c1)CCNC2=O. The molecule has 0 fully saturated rings. The molecular weight excluding hydrogens is 196 g/mol. The lowest BCUT2D eigenvalue weighted by Crippen LogP contribution is -2.31. The molecule has 1 aliphatic heterocycles. The summed E-state index contributed by atoms with van der Waals surface area (Å²) in [4.78, 5) is 32.4. The second-order valence-electron chi connectivity index (χ2n) is 3.27. The summed E-state index contributed by atoms with van der Waals surface area (Å²) in [6.07, 6.45) is 0.668. The summed E-state index contributed by atoms with van der Waals surface area (Å²) in [6.45, 7) is 0.554. The fourth-order valence-electron chi connectivity index (χ4n) is 1.61. The van der Waals surface area contributed by atoms with Crippen molar-refractivity contribution in [3.8, 4) is 0 Å². The Balaban J connectivity index is 2.46. The van der Waals surface area contributed by atoms with Crippen LogP contribution in [0.3, 0.4) is 0 Å². The molecule has 0 spiro atoms. The van der Waals surface area contributed by atoms with Crippen molar-refractivity contribution < 1.29 is 9.59 Å². The molecule has 0 saturated carbocycles. The number of rotatable bonds is 1. The molecule has 0 atom stereocenters. The van der Waals surface area contributed by atoms with Gasteiger partial charge in [-0.3, -0.25) is 9.59 Å². The zero-order valence-corrected chi connectivity index (χ0v) is 7.82. The second-order valence-corrected chi connectivity index (χ2v) is 3.27. The van der Waals surface area contributed by atoms with Crippen molar-refractivity contribution in [1.82, 2.24) is 5.32 Å². The van der Waals surface area contributed by atoms with E-state index >= 15 is 0 Å². The molecule has 0 radical (unpaired) electrons. The first kappa shape index (κ1) is 9.51. The third-order valence-electron chi connectivity index (χ3n) is 2.36. The van der Waals surface area contributed by atoms with E-state index in [1.165, 1.54) is 6.07 Å². The number of fused-ring (bicyclic) bond motifs is 1. The van der Waals surface area contributed by atoms with Gasteiger partial charge in [-0.25, -0.2) is 0 Å². The summed E-state index contributed by atoms with van der Waals surface area (Å²) in [5.41, 5.74) is 1.58. The van der Waals surface area contributed by atoms with Gasteiger partial charge in [0, 0.05) is 22.8 Å². The number of hydrogen-bond donors (Lipinski definition) is 1. The third-order valence-corrected chi connectivity index (χ3v) is 2.36. The first-order valence-corrected chi connectivity index (χ1v) is 4.51. The molecule has 0 bridgehead atoms. The van der Waals surface area contributed by atoms with Crippen molar-refractivity contribution >= 4 is 11.8 Å². The number of carbonyl (C=O) groups is 2. The van der Waals surface area contributed by atoms with E-state index in [1.807, 2.05) is 0 Å².